The second-order valence-corrected chi connectivity index (χ2v) is 6.52. The molecule has 0 bridgehead atoms. The number of fused-ring (bicyclic) bond motifs is 1. The minimum Gasteiger partial charge on any atom is -0.874 e. The minimum atomic E-state index is -1.05. The van der Waals surface area contributed by atoms with Gasteiger partial charge in [0.15, 0.2) is 0 Å². The number of anilines is 1. The Bertz CT molecular complexity index is 1140. The molecule has 0 atom stereocenters. The summed E-state index contributed by atoms with van der Waals surface area (Å²) in [6.45, 7) is 1.81. The van der Waals surface area contributed by atoms with Crippen molar-refractivity contribution in [2.24, 2.45) is 7.05 Å². The lowest BCUT2D eigenvalue weighted by Gasteiger charge is -2.22. The van der Waals surface area contributed by atoms with E-state index >= 15 is 0 Å². The van der Waals surface area contributed by atoms with Gasteiger partial charge in [0, 0.05) is 24.9 Å². The van der Waals surface area contributed by atoms with E-state index in [1.807, 2.05) is 38.2 Å². The van der Waals surface area contributed by atoms with Crippen LogP contribution in [0.5, 0.6) is 0 Å². The molecule has 1 aromatic heterocycles. The first-order valence-electron chi connectivity index (χ1n) is 8.41. The number of benzene rings is 2. The van der Waals surface area contributed by atoms with E-state index in [9.17, 15) is 15.0 Å². The van der Waals surface area contributed by atoms with Crippen LogP contribution < -0.4 is 10.0 Å². The maximum absolute atomic E-state index is 12.7. The van der Waals surface area contributed by atoms with Gasteiger partial charge in [0.2, 0.25) is 0 Å². The summed E-state index contributed by atoms with van der Waals surface area (Å²) in [4.78, 5) is 17.4. The first-order chi connectivity index (χ1) is 12.9. The number of aromatic nitrogens is 2. The molecular formula is C20H17N4O3-. The first kappa shape index (κ1) is 16.8. The second-order valence-electron chi connectivity index (χ2n) is 6.52. The van der Waals surface area contributed by atoms with Crippen molar-refractivity contribution in [3.8, 4) is 0 Å². The van der Waals surface area contributed by atoms with Crippen molar-refractivity contribution < 1.29 is 15.0 Å². The molecule has 0 fully saturated rings. The van der Waals surface area contributed by atoms with E-state index in [2.05, 4.69) is 4.98 Å². The van der Waals surface area contributed by atoms with Crippen LogP contribution in [0.3, 0.4) is 0 Å². The van der Waals surface area contributed by atoms with Crippen molar-refractivity contribution in [1.82, 2.24) is 9.55 Å². The number of hydrogen-bond donors (Lipinski definition) is 2. The highest BCUT2D eigenvalue weighted by Gasteiger charge is 2.29. The van der Waals surface area contributed by atoms with Crippen molar-refractivity contribution in [3.05, 3.63) is 65.2 Å². The number of carbonyl (C=O) groups is 1. The minimum absolute atomic E-state index is 0.0126. The van der Waals surface area contributed by atoms with Gasteiger partial charge >= 0.3 is 5.97 Å². The molecule has 4 rings (SSSR count). The van der Waals surface area contributed by atoms with Crippen LogP contribution in [-0.4, -0.2) is 33.0 Å². The van der Waals surface area contributed by atoms with Gasteiger partial charge in [-0.15, -0.1) is 0 Å². The van der Waals surface area contributed by atoms with Gasteiger partial charge in [0.25, 0.3) is 0 Å². The molecule has 3 aromatic rings. The molecule has 7 heteroatoms. The molecule has 0 saturated heterocycles. The SMILES string of the molecule is Cc1ccc(C(=O)O)cc1N1CC([O-])=C(c2nc3ccccc3n2C)C1=N. The highest BCUT2D eigenvalue weighted by atomic mass is 16.4. The zero-order valence-corrected chi connectivity index (χ0v) is 14.9. The van der Waals surface area contributed by atoms with E-state index < -0.39 is 5.97 Å². The Morgan fingerprint density at radius 3 is 2.70 bits per heavy atom. The molecule has 7 nitrogen and oxygen atoms in total. The van der Waals surface area contributed by atoms with E-state index in [1.54, 1.807) is 15.5 Å². The molecule has 136 valence electrons. The van der Waals surface area contributed by atoms with Gasteiger partial charge in [0.05, 0.1) is 16.6 Å². The fraction of sp³-hybridized carbons (Fsp3) is 0.150. The summed E-state index contributed by atoms with van der Waals surface area (Å²) in [6.07, 6.45) is 0. The molecule has 0 aliphatic carbocycles. The van der Waals surface area contributed by atoms with Crippen molar-refractivity contribution >= 4 is 34.1 Å². The van der Waals surface area contributed by atoms with Crippen LogP contribution in [-0.2, 0) is 7.05 Å². The summed E-state index contributed by atoms with van der Waals surface area (Å²) in [5.74, 6) is -0.781. The number of carboxylic acids is 1. The molecule has 0 amide bonds. The Hall–Kier alpha value is -3.61. The van der Waals surface area contributed by atoms with Gasteiger partial charge in [-0.3, -0.25) is 5.41 Å². The van der Waals surface area contributed by atoms with Crippen LogP contribution in [0.15, 0.2) is 48.2 Å². The Morgan fingerprint density at radius 1 is 1.26 bits per heavy atom. The Kier molecular flexibility index (Phi) is 3.73. The number of aromatic carboxylic acids is 1. The molecule has 1 aliphatic heterocycles. The number of carboxylic acid groups (broad SMARTS) is 1. The van der Waals surface area contributed by atoms with E-state index in [0.717, 1.165) is 16.6 Å². The molecule has 0 saturated carbocycles. The standard InChI is InChI=1S/C20H18N4O3/c1-11-7-8-12(20(26)27)9-15(11)24-10-16(25)17(18(24)21)19-22-13-5-3-4-6-14(13)23(19)2/h3-9,21,25H,10H2,1-2H3,(H,26,27)/p-1. The lowest BCUT2D eigenvalue weighted by atomic mass is 10.1. The molecule has 0 radical (unpaired) electrons. The van der Waals surface area contributed by atoms with Crippen LogP contribution >= 0.6 is 0 Å². The normalized spacial score (nSPS) is 14.4. The number of nitrogens with one attached hydrogen (secondary N) is 1. The molecule has 2 heterocycles. The maximum Gasteiger partial charge on any atom is 0.335 e. The molecule has 2 aromatic carbocycles. The van der Waals surface area contributed by atoms with Gasteiger partial charge in [-0.2, -0.15) is 0 Å². The number of aryl methyl sites for hydroxylation is 2. The average Bonchev–Trinajstić information content (AvgIpc) is 3.12. The van der Waals surface area contributed by atoms with Gasteiger partial charge in [-0.1, -0.05) is 24.0 Å². The number of hydrogen-bond acceptors (Lipinski definition) is 4. The molecule has 0 unspecified atom stereocenters. The quantitative estimate of drug-likeness (QED) is 0.744. The third-order valence-electron chi connectivity index (χ3n) is 4.84. The van der Waals surface area contributed by atoms with E-state index in [1.165, 1.54) is 12.1 Å². The number of amidine groups is 1. The van der Waals surface area contributed by atoms with Gasteiger partial charge < -0.3 is 19.7 Å². The zero-order valence-electron chi connectivity index (χ0n) is 14.9. The van der Waals surface area contributed by atoms with Crippen molar-refractivity contribution in [1.29, 1.82) is 5.41 Å². The van der Waals surface area contributed by atoms with Crippen LogP contribution in [0.4, 0.5) is 5.69 Å². The van der Waals surface area contributed by atoms with Crippen LogP contribution in [0.1, 0.15) is 21.7 Å². The largest absolute Gasteiger partial charge is 0.874 e. The summed E-state index contributed by atoms with van der Waals surface area (Å²) in [7, 11) is 1.82. The Balaban J connectivity index is 1.79. The zero-order chi connectivity index (χ0) is 19.3. The predicted octanol–water partition coefficient (Wildman–Crippen LogP) is 2.15. The summed E-state index contributed by atoms with van der Waals surface area (Å²) < 4.78 is 1.81. The monoisotopic (exact) mass is 361 g/mol. The molecule has 1 aliphatic rings. The molecule has 27 heavy (non-hydrogen) atoms. The number of imidazole rings is 1. The highest BCUT2D eigenvalue weighted by Crippen LogP contribution is 2.33. The number of para-hydroxylation sites is 2. The van der Waals surface area contributed by atoms with Crippen LogP contribution in [0.2, 0.25) is 0 Å². The van der Waals surface area contributed by atoms with Gasteiger partial charge in [-0.25, -0.2) is 9.78 Å². The summed E-state index contributed by atoms with van der Waals surface area (Å²) >= 11 is 0. The smallest absolute Gasteiger partial charge is 0.335 e. The number of nitrogens with zero attached hydrogens (tertiary/aromatic N) is 3. The fourth-order valence-corrected chi connectivity index (χ4v) is 3.41. The van der Waals surface area contributed by atoms with Gasteiger partial charge in [-0.05, 0) is 36.8 Å². The fourth-order valence-electron chi connectivity index (χ4n) is 3.41. The maximum atomic E-state index is 12.7. The second kappa shape index (κ2) is 5.98. The van der Waals surface area contributed by atoms with Crippen LogP contribution in [0.25, 0.3) is 16.6 Å². The lowest BCUT2D eigenvalue weighted by molar-refractivity contribution is -0.300. The number of rotatable bonds is 3. The van der Waals surface area contributed by atoms with E-state index in [0.29, 0.717) is 11.5 Å². The molecular weight excluding hydrogens is 344 g/mol. The third-order valence-corrected chi connectivity index (χ3v) is 4.84. The molecule has 0 spiro atoms. The van der Waals surface area contributed by atoms with Crippen molar-refractivity contribution in [2.45, 2.75) is 6.92 Å². The lowest BCUT2D eigenvalue weighted by Crippen LogP contribution is -2.28. The van der Waals surface area contributed by atoms with Gasteiger partial charge in [0.1, 0.15) is 11.7 Å². The first-order valence-corrected chi connectivity index (χ1v) is 8.41. The van der Waals surface area contributed by atoms with Crippen molar-refractivity contribution in [2.75, 3.05) is 11.4 Å². The molecule has 2 N–H and O–H groups in total. The average molecular weight is 361 g/mol. The van der Waals surface area contributed by atoms with Crippen LogP contribution in [0, 0.1) is 12.3 Å². The van der Waals surface area contributed by atoms with Crippen molar-refractivity contribution in [3.63, 3.8) is 0 Å². The summed E-state index contributed by atoms with van der Waals surface area (Å²) in [6, 6.07) is 12.2. The van der Waals surface area contributed by atoms with E-state index in [-0.39, 0.29) is 29.3 Å². The third kappa shape index (κ3) is 2.55. The highest BCUT2D eigenvalue weighted by molar-refractivity contribution is 6.30. The Labute approximate surface area is 155 Å². The predicted molar refractivity (Wildman–Crippen MR) is 101 cm³/mol. The Morgan fingerprint density at radius 2 is 2.00 bits per heavy atom. The topological polar surface area (TPSA) is 105 Å². The van der Waals surface area contributed by atoms with E-state index in [4.69, 9.17) is 5.41 Å². The summed E-state index contributed by atoms with van der Waals surface area (Å²) in [5.41, 5.74) is 3.33. The summed E-state index contributed by atoms with van der Waals surface area (Å²) in [5, 5.41) is 30.6.